The second-order valence-corrected chi connectivity index (χ2v) is 5.97. The molecule has 0 atom stereocenters. The third kappa shape index (κ3) is 4.60. The van der Waals surface area contributed by atoms with Crippen molar-refractivity contribution in [2.75, 3.05) is 26.7 Å². The lowest BCUT2D eigenvalue weighted by molar-refractivity contribution is 0.0870. The van der Waals surface area contributed by atoms with Crippen LogP contribution in [-0.4, -0.2) is 31.6 Å². The molecule has 2 nitrogen and oxygen atoms in total. The Morgan fingerprint density at radius 1 is 1.15 bits per heavy atom. The Morgan fingerprint density at radius 2 is 1.80 bits per heavy atom. The smallest absolute Gasteiger partial charge is 0.0233 e. The number of piperidine rings is 1. The topological polar surface area (TPSA) is 15.3 Å². The molecule has 0 aromatic heterocycles. The van der Waals surface area contributed by atoms with Crippen LogP contribution in [0.1, 0.15) is 45.6 Å². The van der Waals surface area contributed by atoms with E-state index in [4.69, 9.17) is 0 Å². The Bertz CT molecular complexity index is 353. The van der Waals surface area contributed by atoms with E-state index >= 15 is 0 Å². The van der Waals surface area contributed by atoms with Crippen LogP contribution in [0.2, 0.25) is 0 Å². The number of benzene rings is 1. The van der Waals surface area contributed by atoms with Gasteiger partial charge in [-0.15, -0.1) is 0 Å². The SMILES string of the molecule is C.CCC1(CCNC)CCN(Cc2ccccc2)CC1. The molecule has 0 radical (unpaired) electrons. The summed E-state index contributed by atoms with van der Waals surface area (Å²) in [7, 11) is 2.06. The molecule has 0 amide bonds. The summed E-state index contributed by atoms with van der Waals surface area (Å²) < 4.78 is 0. The Kier molecular flexibility index (Phi) is 7.25. The fourth-order valence-electron chi connectivity index (χ4n) is 3.20. The second-order valence-electron chi connectivity index (χ2n) is 5.97. The number of hydrogen-bond donors (Lipinski definition) is 1. The van der Waals surface area contributed by atoms with E-state index < -0.39 is 0 Å². The van der Waals surface area contributed by atoms with Crippen LogP contribution < -0.4 is 5.32 Å². The van der Waals surface area contributed by atoms with Crippen LogP contribution in [0.3, 0.4) is 0 Å². The summed E-state index contributed by atoms with van der Waals surface area (Å²) in [4.78, 5) is 2.61. The van der Waals surface area contributed by atoms with E-state index in [0.29, 0.717) is 5.41 Å². The molecule has 1 fully saturated rings. The first-order valence-corrected chi connectivity index (χ1v) is 7.69. The Morgan fingerprint density at radius 3 is 2.35 bits per heavy atom. The van der Waals surface area contributed by atoms with Crippen molar-refractivity contribution in [3.05, 3.63) is 35.9 Å². The summed E-state index contributed by atoms with van der Waals surface area (Å²) in [5.74, 6) is 0. The molecule has 0 aliphatic carbocycles. The van der Waals surface area contributed by atoms with E-state index in [0.717, 1.165) is 13.1 Å². The van der Waals surface area contributed by atoms with Gasteiger partial charge in [0, 0.05) is 6.54 Å². The first-order valence-electron chi connectivity index (χ1n) is 7.69. The average Bonchev–Trinajstić information content (AvgIpc) is 2.48. The molecule has 1 N–H and O–H groups in total. The van der Waals surface area contributed by atoms with Gasteiger partial charge in [-0.2, -0.15) is 0 Å². The minimum Gasteiger partial charge on any atom is -0.320 e. The van der Waals surface area contributed by atoms with E-state index in [-0.39, 0.29) is 7.43 Å². The highest BCUT2D eigenvalue weighted by Gasteiger charge is 2.32. The molecule has 0 saturated carbocycles. The van der Waals surface area contributed by atoms with Gasteiger partial charge in [-0.25, -0.2) is 0 Å². The third-order valence-electron chi connectivity index (χ3n) is 4.82. The van der Waals surface area contributed by atoms with Gasteiger partial charge in [0.25, 0.3) is 0 Å². The fraction of sp³-hybridized carbons (Fsp3) is 0.667. The highest BCUT2D eigenvalue weighted by atomic mass is 15.1. The zero-order valence-electron chi connectivity index (χ0n) is 12.5. The molecule has 114 valence electrons. The zero-order valence-corrected chi connectivity index (χ0v) is 12.5. The number of hydrogen-bond acceptors (Lipinski definition) is 2. The summed E-state index contributed by atoms with van der Waals surface area (Å²) in [6.45, 7) is 7.15. The van der Waals surface area contributed by atoms with Gasteiger partial charge in [-0.1, -0.05) is 51.1 Å². The van der Waals surface area contributed by atoms with Gasteiger partial charge in [0.2, 0.25) is 0 Å². The Hall–Kier alpha value is -0.860. The van der Waals surface area contributed by atoms with Crippen LogP contribution in [0.15, 0.2) is 30.3 Å². The quantitative estimate of drug-likeness (QED) is 0.847. The first-order chi connectivity index (χ1) is 9.28. The monoisotopic (exact) mass is 276 g/mol. The van der Waals surface area contributed by atoms with Crippen LogP contribution in [0, 0.1) is 5.41 Å². The van der Waals surface area contributed by atoms with Crippen molar-refractivity contribution in [3.63, 3.8) is 0 Å². The van der Waals surface area contributed by atoms with E-state index in [1.807, 2.05) is 0 Å². The van der Waals surface area contributed by atoms with Crippen molar-refractivity contribution in [2.24, 2.45) is 5.41 Å². The van der Waals surface area contributed by atoms with Crippen molar-refractivity contribution in [2.45, 2.75) is 46.6 Å². The zero-order chi connectivity index (χ0) is 13.6. The van der Waals surface area contributed by atoms with Gasteiger partial charge in [0.1, 0.15) is 0 Å². The molecule has 2 heteroatoms. The first kappa shape index (κ1) is 17.2. The largest absolute Gasteiger partial charge is 0.320 e. The summed E-state index contributed by atoms with van der Waals surface area (Å²) in [5, 5.41) is 3.31. The molecule has 0 bridgehead atoms. The predicted molar refractivity (Wildman–Crippen MR) is 89.0 cm³/mol. The molecule has 20 heavy (non-hydrogen) atoms. The fourth-order valence-corrected chi connectivity index (χ4v) is 3.20. The van der Waals surface area contributed by atoms with Gasteiger partial charge in [-0.3, -0.25) is 4.90 Å². The maximum absolute atomic E-state index is 3.31. The van der Waals surface area contributed by atoms with Gasteiger partial charge >= 0.3 is 0 Å². The van der Waals surface area contributed by atoms with Gasteiger partial charge in [0.05, 0.1) is 0 Å². The van der Waals surface area contributed by atoms with Crippen molar-refractivity contribution in [1.29, 1.82) is 0 Å². The number of likely N-dealkylation sites (tertiary alicyclic amines) is 1. The van der Waals surface area contributed by atoms with E-state index in [9.17, 15) is 0 Å². The Labute approximate surface area is 125 Å². The second kappa shape index (κ2) is 8.43. The van der Waals surface area contributed by atoms with Gasteiger partial charge < -0.3 is 5.32 Å². The number of nitrogens with zero attached hydrogens (tertiary/aromatic N) is 1. The minimum atomic E-state index is 0. The highest BCUT2D eigenvalue weighted by Crippen LogP contribution is 2.38. The molecular formula is C18H32N2. The van der Waals surface area contributed by atoms with Crippen LogP contribution in [0.25, 0.3) is 0 Å². The molecule has 1 heterocycles. The molecule has 0 spiro atoms. The third-order valence-corrected chi connectivity index (χ3v) is 4.82. The van der Waals surface area contributed by atoms with Crippen LogP contribution in [0.5, 0.6) is 0 Å². The van der Waals surface area contributed by atoms with Crippen LogP contribution in [0.4, 0.5) is 0 Å². The summed E-state index contributed by atoms with van der Waals surface area (Å²) in [6.07, 6.45) is 5.38. The molecule has 1 aromatic carbocycles. The van der Waals surface area contributed by atoms with Gasteiger partial charge in [0.15, 0.2) is 0 Å². The lowest BCUT2D eigenvalue weighted by Crippen LogP contribution is -2.40. The average molecular weight is 276 g/mol. The van der Waals surface area contributed by atoms with E-state index in [1.54, 1.807) is 0 Å². The molecule has 2 rings (SSSR count). The summed E-state index contributed by atoms with van der Waals surface area (Å²) in [6, 6.07) is 10.9. The maximum atomic E-state index is 3.31. The molecule has 1 aromatic rings. The maximum Gasteiger partial charge on any atom is 0.0233 e. The van der Waals surface area contributed by atoms with Crippen molar-refractivity contribution in [1.82, 2.24) is 10.2 Å². The number of nitrogens with one attached hydrogen (secondary N) is 1. The lowest BCUT2D eigenvalue weighted by Gasteiger charge is -2.41. The number of rotatable bonds is 6. The molecule has 1 aliphatic heterocycles. The van der Waals surface area contributed by atoms with E-state index in [1.165, 1.54) is 44.3 Å². The van der Waals surface area contributed by atoms with E-state index in [2.05, 4.69) is 54.5 Å². The summed E-state index contributed by atoms with van der Waals surface area (Å²) in [5.41, 5.74) is 2.04. The van der Waals surface area contributed by atoms with Gasteiger partial charge in [-0.05, 0) is 56.9 Å². The van der Waals surface area contributed by atoms with Crippen molar-refractivity contribution >= 4 is 0 Å². The van der Waals surface area contributed by atoms with Crippen molar-refractivity contribution < 1.29 is 0 Å². The highest BCUT2D eigenvalue weighted by molar-refractivity contribution is 5.14. The van der Waals surface area contributed by atoms with Crippen LogP contribution in [-0.2, 0) is 6.54 Å². The summed E-state index contributed by atoms with van der Waals surface area (Å²) >= 11 is 0. The Balaban J connectivity index is 0.00000200. The predicted octanol–water partition coefficient (Wildman–Crippen LogP) is 3.92. The van der Waals surface area contributed by atoms with Crippen molar-refractivity contribution in [3.8, 4) is 0 Å². The molecular weight excluding hydrogens is 244 g/mol. The minimum absolute atomic E-state index is 0. The van der Waals surface area contributed by atoms with Crippen LogP contribution >= 0.6 is 0 Å². The molecule has 1 saturated heterocycles. The molecule has 1 aliphatic rings. The standard InChI is InChI=1S/C17H28N2.CH4/c1-3-17(9-12-18-2)10-13-19(14-11-17)15-16-7-5-4-6-8-16;/h4-8,18H,3,9-15H2,1-2H3;1H4. The lowest BCUT2D eigenvalue weighted by atomic mass is 9.73. The molecule has 0 unspecified atom stereocenters. The normalized spacial score (nSPS) is 18.5.